The Kier molecular flexibility index (Phi) is 5.68. The van der Waals surface area contributed by atoms with Gasteiger partial charge in [-0.25, -0.2) is 9.78 Å². The van der Waals surface area contributed by atoms with E-state index in [-0.39, 0.29) is 6.03 Å². The third kappa shape index (κ3) is 4.11. The standard InChI is InChI=1S/C21H23N3OS/c1-4-12-24(20(25)22-18-13-15(2)10-11-16(18)3)21-23-19(14-26-21)17-8-6-5-7-9-17/h5-11,13-14H,4,12H2,1-3H3,(H,22,25). The van der Waals surface area contributed by atoms with Gasteiger partial charge in [-0.05, 0) is 37.5 Å². The molecule has 1 aromatic heterocycles. The van der Waals surface area contributed by atoms with Crippen molar-refractivity contribution in [1.29, 1.82) is 0 Å². The van der Waals surface area contributed by atoms with Gasteiger partial charge in [-0.2, -0.15) is 0 Å². The van der Waals surface area contributed by atoms with Gasteiger partial charge in [0.05, 0.1) is 5.69 Å². The number of hydrogen-bond acceptors (Lipinski definition) is 3. The van der Waals surface area contributed by atoms with Crippen LogP contribution in [0.25, 0.3) is 11.3 Å². The normalized spacial score (nSPS) is 10.6. The van der Waals surface area contributed by atoms with Crippen molar-refractivity contribution in [2.75, 3.05) is 16.8 Å². The highest BCUT2D eigenvalue weighted by Crippen LogP contribution is 2.28. The Morgan fingerprint density at radius 1 is 1.15 bits per heavy atom. The lowest BCUT2D eigenvalue weighted by Gasteiger charge is -2.20. The van der Waals surface area contributed by atoms with E-state index in [0.717, 1.165) is 34.5 Å². The number of benzene rings is 2. The number of carbonyl (C=O) groups excluding carboxylic acids is 1. The van der Waals surface area contributed by atoms with E-state index in [1.807, 2.05) is 67.8 Å². The van der Waals surface area contributed by atoms with Gasteiger partial charge in [0.2, 0.25) is 0 Å². The van der Waals surface area contributed by atoms with Gasteiger partial charge in [-0.1, -0.05) is 49.4 Å². The largest absolute Gasteiger partial charge is 0.328 e. The molecule has 0 aliphatic heterocycles. The van der Waals surface area contributed by atoms with Crippen molar-refractivity contribution in [3.63, 3.8) is 0 Å². The Labute approximate surface area is 158 Å². The minimum atomic E-state index is -0.144. The Hall–Kier alpha value is -2.66. The highest BCUT2D eigenvalue weighted by Gasteiger charge is 2.19. The van der Waals surface area contributed by atoms with Crippen LogP contribution in [0.2, 0.25) is 0 Å². The monoisotopic (exact) mass is 365 g/mol. The molecule has 26 heavy (non-hydrogen) atoms. The topological polar surface area (TPSA) is 45.2 Å². The van der Waals surface area contributed by atoms with E-state index in [0.29, 0.717) is 11.7 Å². The fraction of sp³-hybridized carbons (Fsp3) is 0.238. The molecule has 0 unspecified atom stereocenters. The summed E-state index contributed by atoms with van der Waals surface area (Å²) in [5.41, 5.74) is 4.96. The molecule has 2 aromatic carbocycles. The summed E-state index contributed by atoms with van der Waals surface area (Å²) in [5, 5.41) is 5.75. The van der Waals surface area contributed by atoms with Crippen molar-refractivity contribution < 1.29 is 4.79 Å². The minimum absolute atomic E-state index is 0.144. The van der Waals surface area contributed by atoms with Crippen LogP contribution in [0.15, 0.2) is 53.9 Å². The number of hydrogen-bond donors (Lipinski definition) is 1. The van der Waals surface area contributed by atoms with Crippen LogP contribution in [0.4, 0.5) is 15.6 Å². The Morgan fingerprint density at radius 2 is 1.92 bits per heavy atom. The zero-order chi connectivity index (χ0) is 18.5. The van der Waals surface area contributed by atoms with E-state index in [2.05, 4.69) is 17.2 Å². The fourth-order valence-electron chi connectivity index (χ4n) is 2.69. The van der Waals surface area contributed by atoms with Crippen LogP contribution in [0.3, 0.4) is 0 Å². The second kappa shape index (κ2) is 8.15. The number of aryl methyl sites for hydroxylation is 2. The first-order chi connectivity index (χ1) is 12.6. The number of thiazole rings is 1. The number of rotatable bonds is 5. The minimum Gasteiger partial charge on any atom is -0.307 e. The van der Waals surface area contributed by atoms with Crippen LogP contribution < -0.4 is 10.2 Å². The lowest BCUT2D eigenvalue weighted by Crippen LogP contribution is -2.35. The number of urea groups is 1. The molecule has 3 rings (SSSR count). The van der Waals surface area contributed by atoms with E-state index < -0.39 is 0 Å². The van der Waals surface area contributed by atoms with Gasteiger partial charge >= 0.3 is 6.03 Å². The number of carbonyl (C=O) groups is 1. The predicted molar refractivity (Wildman–Crippen MR) is 110 cm³/mol. The summed E-state index contributed by atoms with van der Waals surface area (Å²) in [7, 11) is 0. The highest BCUT2D eigenvalue weighted by atomic mass is 32.1. The van der Waals surface area contributed by atoms with Crippen molar-refractivity contribution in [3.05, 3.63) is 65.0 Å². The van der Waals surface area contributed by atoms with Gasteiger partial charge in [-0.3, -0.25) is 4.90 Å². The van der Waals surface area contributed by atoms with Gasteiger partial charge in [-0.15, -0.1) is 11.3 Å². The number of amides is 2. The van der Waals surface area contributed by atoms with Gasteiger partial charge in [0, 0.05) is 23.2 Å². The second-order valence-corrected chi connectivity index (χ2v) is 7.12. The smallest absolute Gasteiger partial charge is 0.307 e. The molecule has 4 nitrogen and oxygen atoms in total. The molecule has 5 heteroatoms. The van der Waals surface area contributed by atoms with Crippen molar-refractivity contribution in [3.8, 4) is 11.3 Å². The predicted octanol–water partition coefficient (Wildman–Crippen LogP) is 5.88. The van der Waals surface area contributed by atoms with Gasteiger partial charge in [0.1, 0.15) is 0 Å². The van der Waals surface area contributed by atoms with Crippen LogP contribution in [-0.2, 0) is 0 Å². The molecule has 1 heterocycles. The van der Waals surface area contributed by atoms with Gasteiger partial charge in [0.15, 0.2) is 5.13 Å². The molecule has 2 amide bonds. The Bertz CT molecular complexity index is 889. The van der Waals surface area contributed by atoms with Crippen molar-refractivity contribution in [2.45, 2.75) is 27.2 Å². The van der Waals surface area contributed by atoms with Crippen molar-refractivity contribution in [1.82, 2.24) is 4.98 Å². The molecule has 0 spiro atoms. The van der Waals surface area contributed by atoms with Crippen molar-refractivity contribution >= 4 is 28.2 Å². The molecule has 3 aromatic rings. The van der Waals surface area contributed by atoms with E-state index >= 15 is 0 Å². The Balaban J connectivity index is 1.84. The summed E-state index contributed by atoms with van der Waals surface area (Å²) in [6, 6.07) is 15.9. The first-order valence-corrected chi connectivity index (χ1v) is 9.63. The van der Waals surface area contributed by atoms with E-state index in [9.17, 15) is 4.79 Å². The summed E-state index contributed by atoms with van der Waals surface area (Å²) >= 11 is 1.49. The zero-order valence-corrected chi connectivity index (χ0v) is 16.1. The average Bonchev–Trinajstić information content (AvgIpc) is 3.13. The molecule has 1 N–H and O–H groups in total. The maximum atomic E-state index is 12.9. The molecule has 0 radical (unpaired) electrons. The Morgan fingerprint density at radius 3 is 2.65 bits per heavy atom. The van der Waals surface area contributed by atoms with Crippen molar-refractivity contribution in [2.24, 2.45) is 0 Å². The fourth-order valence-corrected chi connectivity index (χ4v) is 3.55. The number of anilines is 2. The molecule has 0 saturated heterocycles. The molecular weight excluding hydrogens is 342 g/mol. The quantitative estimate of drug-likeness (QED) is 0.614. The van der Waals surface area contributed by atoms with Gasteiger partial charge < -0.3 is 5.32 Å². The molecule has 0 fully saturated rings. The van der Waals surface area contributed by atoms with Crippen LogP contribution >= 0.6 is 11.3 Å². The lowest BCUT2D eigenvalue weighted by molar-refractivity contribution is 0.257. The van der Waals surface area contributed by atoms with Crippen LogP contribution in [0.1, 0.15) is 24.5 Å². The first kappa shape index (κ1) is 18.1. The SMILES string of the molecule is CCCN(C(=O)Nc1cc(C)ccc1C)c1nc(-c2ccccc2)cs1. The molecule has 0 saturated carbocycles. The maximum absolute atomic E-state index is 12.9. The van der Waals surface area contributed by atoms with Crippen LogP contribution in [0, 0.1) is 13.8 Å². The summed E-state index contributed by atoms with van der Waals surface area (Å²) in [4.78, 5) is 19.3. The van der Waals surface area contributed by atoms with E-state index in [4.69, 9.17) is 0 Å². The third-order valence-corrected chi connectivity index (χ3v) is 4.98. The van der Waals surface area contributed by atoms with Crippen LogP contribution in [0.5, 0.6) is 0 Å². The number of aromatic nitrogens is 1. The highest BCUT2D eigenvalue weighted by molar-refractivity contribution is 7.14. The molecule has 0 aliphatic carbocycles. The second-order valence-electron chi connectivity index (χ2n) is 6.28. The third-order valence-electron chi connectivity index (χ3n) is 4.12. The molecular formula is C21H23N3OS. The number of nitrogens with one attached hydrogen (secondary N) is 1. The van der Waals surface area contributed by atoms with E-state index in [1.54, 1.807) is 4.90 Å². The summed E-state index contributed by atoms with van der Waals surface area (Å²) in [6.45, 7) is 6.70. The maximum Gasteiger partial charge on any atom is 0.328 e. The number of nitrogens with zero attached hydrogens (tertiary/aromatic N) is 2. The average molecular weight is 366 g/mol. The molecule has 0 bridgehead atoms. The van der Waals surface area contributed by atoms with Crippen LogP contribution in [-0.4, -0.2) is 17.6 Å². The zero-order valence-electron chi connectivity index (χ0n) is 15.3. The first-order valence-electron chi connectivity index (χ1n) is 8.75. The molecule has 0 atom stereocenters. The summed E-state index contributed by atoms with van der Waals surface area (Å²) in [5.74, 6) is 0. The summed E-state index contributed by atoms with van der Waals surface area (Å²) in [6.07, 6.45) is 0.862. The van der Waals surface area contributed by atoms with Gasteiger partial charge in [0.25, 0.3) is 0 Å². The lowest BCUT2D eigenvalue weighted by atomic mass is 10.1. The molecule has 0 aliphatic rings. The molecule has 134 valence electrons. The van der Waals surface area contributed by atoms with E-state index in [1.165, 1.54) is 11.3 Å². The summed E-state index contributed by atoms with van der Waals surface area (Å²) < 4.78 is 0.